The third-order valence-electron chi connectivity index (χ3n) is 1.47. The molecular weight excluding hydrogens is 178 g/mol. The molecule has 0 spiro atoms. The molecule has 0 unspecified atom stereocenters. The van der Waals surface area contributed by atoms with E-state index in [1.54, 1.807) is 0 Å². The smallest absolute Gasteiger partial charge is 0.163 e. The van der Waals surface area contributed by atoms with Crippen LogP contribution in [0, 0.1) is 0 Å². The van der Waals surface area contributed by atoms with Gasteiger partial charge in [-0.1, -0.05) is 11.6 Å². The highest BCUT2D eigenvalue weighted by Crippen LogP contribution is 2.30. The van der Waals surface area contributed by atoms with Gasteiger partial charge in [-0.25, -0.2) is 0 Å². The van der Waals surface area contributed by atoms with Crippen molar-refractivity contribution in [2.24, 2.45) is 0 Å². The van der Waals surface area contributed by atoms with Crippen LogP contribution in [-0.2, 0) is 0 Å². The van der Waals surface area contributed by atoms with Crippen LogP contribution in [0.25, 0.3) is 0 Å². The van der Waals surface area contributed by atoms with Gasteiger partial charge < -0.3 is 10.8 Å². The van der Waals surface area contributed by atoms with E-state index in [-0.39, 0.29) is 22.1 Å². The van der Waals surface area contributed by atoms with Crippen molar-refractivity contribution < 1.29 is 9.90 Å². The Morgan fingerprint density at radius 2 is 2.17 bits per heavy atom. The number of rotatable bonds is 1. The molecule has 4 heteroatoms. The summed E-state index contributed by atoms with van der Waals surface area (Å²) in [5, 5.41) is 9.38. The molecule has 0 fully saturated rings. The Labute approximate surface area is 74.8 Å². The van der Waals surface area contributed by atoms with Crippen LogP contribution in [0.5, 0.6) is 5.75 Å². The molecular formula is C8H8ClNO2. The van der Waals surface area contributed by atoms with Crippen LogP contribution in [0.4, 0.5) is 5.69 Å². The highest BCUT2D eigenvalue weighted by molar-refractivity contribution is 6.33. The molecule has 0 bridgehead atoms. The lowest BCUT2D eigenvalue weighted by atomic mass is 10.1. The van der Waals surface area contributed by atoms with E-state index in [4.69, 9.17) is 17.3 Å². The number of phenols is 1. The van der Waals surface area contributed by atoms with Crippen LogP contribution >= 0.6 is 11.6 Å². The number of ketones is 1. The number of benzene rings is 1. The second-order valence-corrected chi connectivity index (χ2v) is 2.86. The fraction of sp³-hybridized carbons (Fsp3) is 0.125. The first-order chi connectivity index (χ1) is 5.52. The summed E-state index contributed by atoms with van der Waals surface area (Å²) < 4.78 is 0. The molecule has 64 valence electrons. The number of nitrogen functional groups attached to an aromatic ring is 1. The molecule has 0 amide bonds. The highest BCUT2D eigenvalue weighted by atomic mass is 35.5. The largest absolute Gasteiger partial charge is 0.506 e. The van der Waals surface area contributed by atoms with Gasteiger partial charge in [-0.05, 0) is 19.1 Å². The van der Waals surface area contributed by atoms with E-state index < -0.39 is 0 Å². The fourth-order valence-corrected chi connectivity index (χ4v) is 1.12. The molecule has 1 aromatic carbocycles. The molecule has 0 aromatic heterocycles. The summed E-state index contributed by atoms with van der Waals surface area (Å²) in [4.78, 5) is 10.9. The fourth-order valence-electron chi connectivity index (χ4n) is 0.888. The van der Waals surface area contributed by atoms with Gasteiger partial charge in [0.1, 0.15) is 5.75 Å². The first-order valence-corrected chi connectivity index (χ1v) is 3.69. The van der Waals surface area contributed by atoms with Crippen molar-refractivity contribution in [2.75, 3.05) is 5.73 Å². The minimum Gasteiger partial charge on any atom is -0.506 e. The summed E-state index contributed by atoms with van der Waals surface area (Å²) in [6, 6.07) is 2.78. The van der Waals surface area contributed by atoms with Gasteiger partial charge >= 0.3 is 0 Å². The lowest BCUT2D eigenvalue weighted by Gasteiger charge is -2.03. The average Bonchev–Trinajstić information content (AvgIpc) is 1.96. The molecule has 1 rings (SSSR count). The number of carbonyl (C=O) groups excluding carboxylic acids is 1. The Morgan fingerprint density at radius 3 is 2.67 bits per heavy atom. The number of phenolic OH excluding ortho intramolecular Hbond substituents is 1. The number of halogens is 1. The van der Waals surface area contributed by atoms with Gasteiger partial charge in [0.2, 0.25) is 0 Å². The first kappa shape index (κ1) is 8.87. The van der Waals surface area contributed by atoms with Crippen molar-refractivity contribution in [1.29, 1.82) is 0 Å². The van der Waals surface area contributed by atoms with Crippen molar-refractivity contribution in [2.45, 2.75) is 6.92 Å². The predicted octanol–water partition coefficient (Wildman–Crippen LogP) is 1.83. The van der Waals surface area contributed by atoms with E-state index in [1.165, 1.54) is 19.1 Å². The summed E-state index contributed by atoms with van der Waals surface area (Å²) in [6.07, 6.45) is 0. The molecule has 3 N–H and O–H groups in total. The zero-order valence-electron chi connectivity index (χ0n) is 6.47. The number of hydrogen-bond donors (Lipinski definition) is 2. The van der Waals surface area contributed by atoms with Crippen LogP contribution in [-0.4, -0.2) is 10.9 Å². The molecule has 0 aliphatic rings. The summed E-state index contributed by atoms with van der Waals surface area (Å²) in [6.45, 7) is 1.34. The molecule has 0 saturated heterocycles. The second kappa shape index (κ2) is 3.03. The van der Waals surface area contributed by atoms with Crippen molar-refractivity contribution in [3.63, 3.8) is 0 Å². The van der Waals surface area contributed by atoms with Crippen LogP contribution < -0.4 is 5.73 Å². The minimum atomic E-state index is -0.262. The van der Waals surface area contributed by atoms with Gasteiger partial charge in [-0.15, -0.1) is 0 Å². The topological polar surface area (TPSA) is 63.3 Å². The van der Waals surface area contributed by atoms with Crippen LogP contribution in [0.1, 0.15) is 17.3 Å². The van der Waals surface area contributed by atoms with E-state index in [0.717, 1.165) is 0 Å². The number of nitrogens with two attached hydrogens (primary N) is 1. The Balaban J connectivity index is 3.37. The van der Waals surface area contributed by atoms with Crippen LogP contribution in [0.3, 0.4) is 0 Å². The number of carbonyl (C=O) groups is 1. The maximum Gasteiger partial charge on any atom is 0.163 e. The van der Waals surface area contributed by atoms with Gasteiger partial charge in [-0.3, -0.25) is 4.79 Å². The van der Waals surface area contributed by atoms with Crippen LogP contribution in [0.15, 0.2) is 12.1 Å². The molecule has 1 aromatic rings. The quantitative estimate of drug-likeness (QED) is 0.399. The molecule has 0 radical (unpaired) electrons. The predicted molar refractivity (Wildman–Crippen MR) is 47.5 cm³/mol. The van der Waals surface area contributed by atoms with Gasteiger partial charge in [0, 0.05) is 5.69 Å². The van der Waals surface area contributed by atoms with Crippen LogP contribution in [0.2, 0.25) is 5.02 Å². The second-order valence-electron chi connectivity index (χ2n) is 2.46. The van der Waals surface area contributed by atoms with Crippen molar-refractivity contribution in [1.82, 2.24) is 0 Å². The number of Topliss-reactive ketones (excluding diaryl/α,β-unsaturated/α-hetero) is 1. The maximum absolute atomic E-state index is 10.9. The number of anilines is 1. The maximum atomic E-state index is 10.9. The molecule has 3 nitrogen and oxygen atoms in total. The molecule has 12 heavy (non-hydrogen) atoms. The molecule has 0 heterocycles. The third-order valence-corrected chi connectivity index (χ3v) is 1.75. The zero-order chi connectivity index (χ0) is 9.30. The summed E-state index contributed by atoms with van der Waals surface area (Å²) in [5.41, 5.74) is 5.94. The normalized spacial score (nSPS) is 9.83. The summed E-state index contributed by atoms with van der Waals surface area (Å²) in [5.74, 6) is -0.472. The van der Waals surface area contributed by atoms with E-state index in [2.05, 4.69) is 0 Å². The van der Waals surface area contributed by atoms with E-state index in [1.807, 2.05) is 0 Å². The zero-order valence-corrected chi connectivity index (χ0v) is 7.22. The lowest BCUT2D eigenvalue weighted by molar-refractivity contribution is 0.101. The Bertz CT molecular complexity index is 336. The van der Waals surface area contributed by atoms with Crippen molar-refractivity contribution >= 4 is 23.1 Å². The van der Waals surface area contributed by atoms with E-state index >= 15 is 0 Å². The lowest BCUT2D eigenvalue weighted by Crippen LogP contribution is -1.95. The minimum absolute atomic E-state index is 0.0974. The first-order valence-electron chi connectivity index (χ1n) is 3.31. The monoisotopic (exact) mass is 185 g/mol. The van der Waals surface area contributed by atoms with E-state index in [0.29, 0.717) is 5.69 Å². The molecule has 0 aliphatic carbocycles. The highest BCUT2D eigenvalue weighted by Gasteiger charge is 2.10. The average molecular weight is 186 g/mol. The molecule has 0 atom stereocenters. The Morgan fingerprint density at radius 1 is 1.58 bits per heavy atom. The third kappa shape index (κ3) is 1.51. The standard InChI is InChI=1S/C8H8ClNO2/c1-4(11)6-2-5(10)3-7(9)8(6)12/h2-3,12H,10H2,1H3. The molecule has 0 saturated carbocycles. The Hall–Kier alpha value is -1.22. The van der Waals surface area contributed by atoms with Gasteiger partial charge in [0.25, 0.3) is 0 Å². The van der Waals surface area contributed by atoms with Crippen molar-refractivity contribution in [3.8, 4) is 5.75 Å². The number of hydrogen-bond acceptors (Lipinski definition) is 3. The van der Waals surface area contributed by atoms with Crippen molar-refractivity contribution in [3.05, 3.63) is 22.7 Å². The molecule has 0 aliphatic heterocycles. The summed E-state index contributed by atoms with van der Waals surface area (Å²) >= 11 is 5.58. The SMILES string of the molecule is CC(=O)c1cc(N)cc(Cl)c1O. The van der Waals surface area contributed by atoms with Gasteiger partial charge in [0.05, 0.1) is 10.6 Å². The van der Waals surface area contributed by atoms with Gasteiger partial charge in [0.15, 0.2) is 5.78 Å². The Kier molecular flexibility index (Phi) is 2.24. The number of aromatic hydroxyl groups is 1. The summed E-state index contributed by atoms with van der Waals surface area (Å²) in [7, 11) is 0. The van der Waals surface area contributed by atoms with Gasteiger partial charge in [-0.2, -0.15) is 0 Å². The van der Waals surface area contributed by atoms with E-state index in [9.17, 15) is 9.90 Å².